The van der Waals surface area contributed by atoms with Crippen molar-refractivity contribution in [2.75, 3.05) is 25.0 Å². The van der Waals surface area contributed by atoms with Crippen LogP contribution in [0.25, 0.3) is 0 Å². The third-order valence-corrected chi connectivity index (χ3v) is 7.54. The van der Waals surface area contributed by atoms with E-state index in [0.29, 0.717) is 37.6 Å². The van der Waals surface area contributed by atoms with E-state index in [0.717, 1.165) is 31.2 Å². The molecule has 206 valence electrons. The first-order valence-corrected chi connectivity index (χ1v) is 13.0. The number of nitrogens with zero attached hydrogens (tertiary/aromatic N) is 2. The molecule has 1 aliphatic heterocycles. The van der Waals surface area contributed by atoms with Gasteiger partial charge in [0, 0.05) is 31.7 Å². The lowest BCUT2D eigenvalue weighted by molar-refractivity contribution is -0.143. The number of hydrogen-bond acceptors (Lipinski definition) is 2. The van der Waals surface area contributed by atoms with Gasteiger partial charge in [0.05, 0.1) is 17.2 Å². The summed E-state index contributed by atoms with van der Waals surface area (Å²) >= 11 is 5.49. The van der Waals surface area contributed by atoms with E-state index < -0.39 is 35.2 Å². The molecule has 2 aromatic rings. The molecule has 0 spiro atoms. The van der Waals surface area contributed by atoms with Gasteiger partial charge in [0.1, 0.15) is 0 Å². The Bertz CT molecular complexity index is 1100. The monoisotopic (exact) mass is 557 g/mol. The van der Waals surface area contributed by atoms with Crippen LogP contribution in [0.15, 0.2) is 48.5 Å². The normalized spacial score (nSPS) is 19.4. The lowest BCUT2D eigenvalue weighted by Crippen LogP contribution is -2.53. The van der Waals surface area contributed by atoms with Crippen molar-refractivity contribution in [3.63, 3.8) is 0 Å². The van der Waals surface area contributed by atoms with E-state index in [9.17, 15) is 31.1 Å². The number of carbonyl (C=O) groups excluding carboxylic acids is 1. The van der Waals surface area contributed by atoms with Crippen LogP contribution in [-0.4, -0.2) is 40.5 Å². The van der Waals surface area contributed by atoms with E-state index in [1.54, 1.807) is 9.80 Å². The Labute approximate surface area is 223 Å². The van der Waals surface area contributed by atoms with E-state index in [-0.39, 0.29) is 23.6 Å². The molecule has 11 heteroatoms. The van der Waals surface area contributed by atoms with Crippen LogP contribution in [0.4, 0.5) is 32.0 Å². The summed E-state index contributed by atoms with van der Waals surface area (Å²) in [6.45, 7) is 0.952. The third-order valence-electron chi connectivity index (χ3n) is 7.21. The molecule has 1 unspecified atom stereocenters. The first-order chi connectivity index (χ1) is 17.9. The molecule has 1 N–H and O–H groups in total. The van der Waals surface area contributed by atoms with Crippen molar-refractivity contribution in [3.8, 4) is 0 Å². The van der Waals surface area contributed by atoms with E-state index in [1.165, 1.54) is 6.42 Å². The number of hydrogen-bond donors (Lipinski definition) is 1. The van der Waals surface area contributed by atoms with E-state index in [1.807, 2.05) is 30.3 Å². The van der Waals surface area contributed by atoms with Crippen molar-refractivity contribution < 1.29 is 31.1 Å². The highest BCUT2D eigenvalue weighted by molar-refractivity contribution is 7.80. The molecule has 1 atom stereocenters. The maximum atomic E-state index is 13.3. The highest BCUT2D eigenvalue weighted by Crippen LogP contribution is 2.38. The third kappa shape index (κ3) is 6.98. The lowest BCUT2D eigenvalue weighted by atomic mass is 9.86. The lowest BCUT2D eigenvalue weighted by Gasteiger charge is -2.43. The SMILES string of the molecule is O=C(CC1CCCCC1)N1CCN(C(=S)Nc2cc(C(F)(F)F)cc(C(F)(F)F)c2)C(c2ccccc2)C1. The minimum atomic E-state index is -4.96. The van der Waals surface area contributed by atoms with Crippen molar-refractivity contribution in [2.24, 2.45) is 5.92 Å². The number of thiocarbonyl (C=S) groups is 1. The number of anilines is 1. The molecule has 2 fully saturated rings. The molecule has 1 aliphatic carbocycles. The van der Waals surface area contributed by atoms with Crippen LogP contribution < -0.4 is 5.32 Å². The molecule has 1 saturated carbocycles. The summed E-state index contributed by atoms with van der Waals surface area (Å²) in [5.74, 6) is 0.431. The van der Waals surface area contributed by atoms with Gasteiger partial charge < -0.3 is 15.1 Å². The van der Waals surface area contributed by atoms with Gasteiger partial charge in [-0.2, -0.15) is 26.3 Å². The van der Waals surface area contributed by atoms with Crippen molar-refractivity contribution in [3.05, 3.63) is 65.2 Å². The summed E-state index contributed by atoms with van der Waals surface area (Å²) in [6, 6.07) is 10.1. The van der Waals surface area contributed by atoms with Crippen LogP contribution in [-0.2, 0) is 17.1 Å². The summed E-state index contributed by atoms with van der Waals surface area (Å²) in [5.41, 5.74) is -2.41. The summed E-state index contributed by atoms with van der Waals surface area (Å²) in [4.78, 5) is 16.6. The van der Waals surface area contributed by atoms with Crippen molar-refractivity contribution in [1.29, 1.82) is 0 Å². The predicted molar refractivity (Wildman–Crippen MR) is 136 cm³/mol. The molecule has 1 amide bonds. The Morgan fingerprint density at radius 1 is 0.895 bits per heavy atom. The van der Waals surface area contributed by atoms with Crippen LogP contribution in [0.2, 0.25) is 0 Å². The van der Waals surface area contributed by atoms with Gasteiger partial charge in [0.25, 0.3) is 0 Å². The predicted octanol–water partition coefficient (Wildman–Crippen LogP) is 7.28. The van der Waals surface area contributed by atoms with Crippen LogP contribution in [0, 0.1) is 5.92 Å². The Balaban J connectivity index is 1.55. The van der Waals surface area contributed by atoms with Gasteiger partial charge in [-0.15, -0.1) is 0 Å². The van der Waals surface area contributed by atoms with Crippen molar-refractivity contribution >= 4 is 28.9 Å². The second-order valence-electron chi connectivity index (χ2n) is 9.89. The van der Waals surface area contributed by atoms with Gasteiger partial charge in [-0.25, -0.2) is 0 Å². The molecule has 38 heavy (non-hydrogen) atoms. The van der Waals surface area contributed by atoms with Crippen LogP contribution in [0.3, 0.4) is 0 Å². The summed E-state index contributed by atoms with van der Waals surface area (Å²) in [6.07, 6.45) is -3.91. The molecule has 1 saturated heterocycles. The standard InChI is InChI=1S/C27H29F6N3OS/c28-26(29,30)20-14-21(27(31,32)33)16-22(15-20)34-25(38)36-12-11-35(17-23(36)19-9-5-2-6-10-19)24(37)13-18-7-3-1-4-8-18/h2,5-6,9-10,14-16,18,23H,1,3-4,7-8,11-13,17H2,(H,34,38). The molecule has 1 heterocycles. The van der Waals surface area contributed by atoms with Crippen molar-refractivity contribution in [1.82, 2.24) is 9.80 Å². The summed E-state index contributed by atoms with van der Waals surface area (Å²) in [7, 11) is 0. The number of rotatable bonds is 4. The summed E-state index contributed by atoms with van der Waals surface area (Å²) in [5, 5.41) is 2.59. The minimum Gasteiger partial charge on any atom is -0.338 e. The Hall–Kier alpha value is -2.82. The van der Waals surface area contributed by atoms with Gasteiger partial charge >= 0.3 is 12.4 Å². The quantitative estimate of drug-likeness (QED) is 0.317. The fourth-order valence-electron chi connectivity index (χ4n) is 5.20. The number of alkyl halides is 6. The first kappa shape index (κ1) is 28.2. The molecular weight excluding hydrogens is 528 g/mol. The average molecular weight is 558 g/mol. The molecule has 2 aliphatic rings. The second-order valence-corrected chi connectivity index (χ2v) is 10.3. The molecule has 0 bridgehead atoms. The molecule has 0 aromatic heterocycles. The molecular formula is C27H29F6N3OS. The number of amides is 1. The number of nitrogens with one attached hydrogen (secondary N) is 1. The van der Waals surface area contributed by atoms with Gasteiger partial charge in [0.15, 0.2) is 5.11 Å². The largest absolute Gasteiger partial charge is 0.416 e. The zero-order valence-corrected chi connectivity index (χ0v) is 21.4. The first-order valence-electron chi connectivity index (χ1n) is 12.6. The number of benzene rings is 2. The van der Waals surface area contributed by atoms with Crippen LogP contribution >= 0.6 is 12.2 Å². The maximum absolute atomic E-state index is 13.3. The van der Waals surface area contributed by atoms with Gasteiger partial charge in [-0.05, 0) is 54.7 Å². The molecule has 2 aromatic carbocycles. The smallest absolute Gasteiger partial charge is 0.338 e. The fourth-order valence-corrected chi connectivity index (χ4v) is 5.54. The highest BCUT2D eigenvalue weighted by Gasteiger charge is 2.38. The van der Waals surface area contributed by atoms with E-state index >= 15 is 0 Å². The molecule has 4 rings (SSSR count). The number of piperazine rings is 1. The van der Waals surface area contributed by atoms with E-state index in [4.69, 9.17) is 12.2 Å². The van der Waals surface area contributed by atoms with E-state index in [2.05, 4.69) is 5.32 Å². The highest BCUT2D eigenvalue weighted by atomic mass is 32.1. The summed E-state index contributed by atoms with van der Waals surface area (Å²) < 4.78 is 79.9. The second kappa shape index (κ2) is 11.5. The zero-order chi connectivity index (χ0) is 27.5. The Morgan fingerprint density at radius 3 is 2.08 bits per heavy atom. The zero-order valence-electron chi connectivity index (χ0n) is 20.6. The molecule has 0 radical (unpaired) electrons. The number of halogens is 6. The van der Waals surface area contributed by atoms with Gasteiger partial charge in [0.2, 0.25) is 5.91 Å². The van der Waals surface area contributed by atoms with Crippen LogP contribution in [0.1, 0.15) is 61.3 Å². The minimum absolute atomic E-state index is 0.00863. The number of carbonyl (C=O) groups is 1. The average Bonchev–Trinajstić information content (AvgIpc) is 2.88. The topological polar surface area (TPSA) is 35.6 Å². The molecule has 4 nitrogen and oxygen atoms in total. The maximum Gasteiger partial charge on any atom is 0.416 e. The fraction of sp³-hybridized carbons (Fsp3) is 0.481. The van der Waals surface area contributed by atoms with Gasteiger partial charge in [-0.1, -0.05) is 49.6 Å². The Morgan fingerprint density at radius 2 is 1.50 bits per heavy atom. The van der Waals surface area contributed by atoms with Gasteiger partial charge in [-0.3, -0.25) is 4.79 Å². The van der Waals surface area contributed by atoms with Crippen LogP contribution in [0.5, 0.6) is 0 Å². The Kier molecular flexibility index (Phi) is 8.54. The van der Waals surface area contributed by atoms with Crippen molar-refractivity contribution in [2.45, 2.75) is 56.9 Å².